The quantitative estimate of drug-likeness (QED) is 0.228. The average Bonchev–Trinajstić information content (AvgIpc) is 3.17. The molecule has 1 unspecified atom stereocenters. The van der Waals surface area contributed by atoms with Gasteiger partial charge in [0.2, 0.25) is 0 Å². The summed E-state index contributed by atoms with van der Waals surface area (Å²) in [5, 5.41) is 6.73. The fourth-order valence-electron chi connectivity index (χ4n) is 3.09. The van der Waals surface area contributed by atoms with Gasteiger partial charge in [-0.05, 0) is 56.7 Å². The van der Waals surface area contributed by atoms with Crippen LogP contribution in [-0.2, 0) is 11.2 Å². The molecular formula is C20H34IN3O3. The summed E-state index contributed by atoms with van der Waals surface area (Å²) in [4.78, 5) is 4.27. The Morgan fingerprint density at radius 1 is 1.26 bits per heavy atom. The number of guanidine groups is 1. The third-order valence-corrected chi connectivity index (χ3v) is 4.47. The molecule has 1 aromatic carbocycles. The average molecular weight is 491 g/mol. The van der Waals surface area contributed by atoms with Crippen molar-refractivity contribution in [2.24, 2.45) is 4.99 Å². The minimum Gasteiger partial charge on any atom is -0.493 e. The van der Waals surface area contributed by atoms with E-state index < -0.39 is 0 Å². The number of hydrogen-bond donors (Lipinski definition) is 2. The van der Waals surface area contributed by atoms with Gasteiger partial charge in [-0.25, -0.2) is 0 Å². The minimum atomic E-state index is 0. The summed E-state index contributed by atoms with van der Waals surface area (Å²) < 4.78 is 16.6. The van der Waals surface area contributed by atoms with Gasteiger partial charge in [0.15, 0.2) is 17.5 Å². The van der Waals surface area contributed by atoms with Crippen LogP contribution in [0.4, 0.5) is 0 Å². The van der Waals surface area contributed by atoms with E-state index in [0.717, 1.165) is 56.4 Å². The van der Waals surface area contributed by atoms with Gasteiger partial charge in [-0.3, -0.25) is 4.99 Å². The molecule has 7 heteroatoms. The normalized spacial score (nSPS) is 16.6. The first-order chi connectivity index (χ1) is 12.8. The van der Waals surface area contributed by atoms with Crippen molar-refractivity contribution in [3.8, 4) is 11.5 Å². The first-order valence-corrected chi connectivity index (χ1v) is 9.62. The molecule has 1 fully saturated rings. The summed E-state index contributed by atoms with van der Waals surface area (Å²) in [6, 6.07) is 6.13. The van der Waals surface area contributed by atoms with Crippen LogP contribution >= 0.6 is 24.0 Å². The number of rotatable bonds is 10. The summed E-state index contributed by atoms with van der Waals surface area (Å²) in [7, 11) is 3.47. The zero-order valence-electron chi connectivity index (χ0n) is 16.8. The molecule has 0 amide bonds. The molecule has 154 valence electrons. The molecule has 1 aliphatic heterocycles. The summed E-state index contributed by atoms with van der Waals surface area (Å²) in [6.07, 6.45) is 5.81. The molecule has 2 N–H and O–H groups in total. The first-order valence-electron chi connectivity index (χ1n) is 9.62. The van der Waals surface area contributed by atoms with Gasteiger partial charge in [-0.1, -0.05) is 6.07 Å². The van der Waals surface area contributed by atoms with Crippen LogP contribution in [0.3, 0.4) is 0 Å². The van der Waals surface area contributed by atoms with E-state index in [-0.39, 0.29) is 24.0 Å². The van der Waals surface area contributed by atoms with Gasteiger partial charge in [0.25, 0.3) is 0 Å². The highest BCUT2D eigenvalue weighted by atomic mass is 127. The van der Waals surface area contributed by atoms with Gasteiger partial charge >= 0.3 is 0 Å². The summed E-state index contributed by atoms with van der Waals surface area (Å²) in [5.74, 6) is 2.45. The SMILES string of the molecule is CCOc1cc(CCCNC(=NC)NCCC2CCCO2)ccc1OC.I. The molecule has 0 aliphatic carbocycles. The maximum Gasteiger partial charge on any atom is 0.190 e. The fourth-order valence-corrected chi connectivity index (χ4v) is 3.09. The Balaban J connectivity index is 0.00000364. The molecule has 6 nitrogen and oxygen atoms in total. The molecule has 1 aliphatic rings. The lowest BCUT2D eigenvalue weighted by Gasteiger charge is -2.14. The van der Waals surface area contributed by atoms with Crippen LogP contribution in [0.1, 0.15) is 38.2 Å². The standard InChI is InChI=1S/C20H33N3O3.HI/c1-4-25-19-15-16(9-10-18(19)24-3)7-5-12-22-20(21-2)23-13-11-17-8-6-14-26-17;/h9-10,15,17H,4-8,11-14H2,1-3H3,(H2,21,22,23);1H. The topological polar surface area (TPSA) is 64.1 Å². The number of methoxy groups -OCH3 is 1. The van der Waals surface area contributed by atoms with Gasteiger partial charge in [0.05, 0.1) is 19.8 Å². The smallest absolute Gasteiger partial charge is 0.190 e. The third kappa shape index (κ3) is 8.55. The van der Waals surface area contributed by atoms with Crippen LogP contribution in [0.25, 0.3) is 0 Å². The summed E-state index contributed by atoms with van der Waals surface area (Å²) in [5.41, 5.74) is 1.25. The number of nitrogens with one attached hydrogen (secondary N) is 2. The molecule has 0 saturated carbocycles. The largest absolute Gasteiger partial charge is 0.493 e. The Kier molecular flexibility index (Phi) is 12.2. The minimum absolute atomic E-state index is 0. The second kappa shape index (κ2) is 13.9. The van der Waals surface area contributed by atoms with Crippen molar-refractivity contribution >= 4 is 29.9 Å². The first kappa shape index (κ1) is 23.8. The highest BCUT2D eigenvalue weighted by Crippen LogP contribution is 2.28. The molecule has 27 heavy (non-hydrogen) atoms. The highest BCUT2D eigenvalue weighted by molar-refractivity contribution is 14.0. The zero-order valence-corrected chi connectivity index (χ0v) is 19.1. The maximum atomic E-state index is 5.64. The molecular weight excluding hydrogens is 457 g/mol. The number of hydrogen-bond acceptors (Lipinski definition) is 4. The van der Waals surface area contributed by atoms with Crippen LogP contribution in [0, 0.1) is 0 Å². The predicted octanol–water partition coefficient (Wildman–Crippen LogP) is 3.38. The molecule has 2 rings (SSSR count). The number of halogens is 1. The predicted molar refractivity (Wildman–Crippen MR) is 121 cm³/mol. The second-order valence-electron chi connectivity index (χ2n) is 6.37. The summed E-state index contributed by atoms with van der Waals surface area (Å²) >= 11 is 0. The molecule has 1 atom stereocenters. The van der Waals surface area contributed by atoms with Crippen LogP contribution in [0.5, 0.6) is 11.5 Å². The number of aliphatic imine (C=N–C) groups is 1. The van der Waals surface area contributed by atoms with Crippen molar-refractivity contribution in [1.82, 2.24) is 10.6 Å². The lowest BCUT2D eigenvalue weighted by Crippen LogP contribution is -2.39. The van der Waals surface area contributed by atoms with Crippen molar-refractivity contribution in [1.29, 1.82) is 0 Å². The Hall–Kier alpha value is -1.22. The van der Waals surface area contributed by atoms with Crippen molar-refractivity contribution in [3.63, 3.8) is 0 Å². The van der Waals surface area contributed by atoms with Crippen LogP contribution < -0.4 is 20.1 Å². The molecule has 1 heterocycles. The van der Waals surface area contributed by atoms with Crippen molar-refractivity contribution in [3.05, 3.63) is 23.8 Å². The number of nitrogens with zero attached hydrogens (tertiary/aromatic N) is 1. The van der Waals surface area contributed by atoms with Gasteiger partial charge in [-0.15, -0.1) is 24.0 Å². The summed E-state index contributed by atoms with van der Waals surface area (Å²) in [6.45, 7) is 5.28. The molecule has 0 bridgehead atoms. The van der Waals surface area contributed by atoms with E-state index in [1.165, 1.54) is 18.4 Å². The number of aryl methyl sites for hydroxylation is 1. The fraction of sp³-hybridized carbons (Fsp3) is 0.650. The zero-order chi connectivity index (χ0) is 18.6. The van der Waals surface area contributed by atoms with E-state index in [4.69, 9.17) is 14.2 Å². The van der Waals surface area contributed by atoms with Crippen molar-refractivity contribution < 1.29 is 14.2 Å². The Morgan fingerprint density at radius 2 is 2.07 bits per heavy atom. The molecule has 0 radical (unpaired) electrons. The molecule has 0 aromatic heterocycles. The van der Waals surface area contributed by atoms with E-state index in [2.05, 4.69) is 27.8 Å². The lowest BCUT2D eigenvalue weighted by atomic mass is 10.1. The van der Waals surface area contributed by atoms with E-state index in [1.807, 2.05) is 13.0 Å². The highest BCUT2D eigenvalue weighted by Gasteiger charge is 2.14. The molecule has 1 saturated heterocycles. The van der Waals surface area contributed by atoms with E-state index >= 15 is 0 Å². The van der Waals surface area contributed by atoms with Gasteiger partial charge in [-0.2, -0.15) is 0 Å². The molecule has 0 spiro atoms. The van der Waals surface area contributed by atoms with Gasteiger partial charge < -0.3 is 24.8 Å². The Labute approximate surface area is 180 Å². The molecule has 1 aromatic rings. The van der Waals surface area contributed by atoms with E-state index in [0.29, 0.717) is 12.7 Å². The Morgan fingerprint density at radius 3 is 2.74 bits per heavy atom. The van der Waals surface area contributed by atoms with Gasteiger partial charge in [0.1, 0.15) is 0 Å². The third-order valence-electron chi connectivity index (χ3n) is 4.47. The van der Waals surface area contributed by atoms with Gasteiger partial charge in [0, 0.05) is 26.7 Å². The second-order valence-corrected chi connectivity index (χ2v) is 6.37. The van der Waals surface area contributed by atoms with Crippen LogP contribution in [-0.4, -0.2) is 52.5 Å². The lowest BCUT2D eigenvalue weighted by molar-refractivity contribution is 0.105. The Bertz CT molecular complexity index is 563. The number of benzene rings is 1. The van der Waals surface area contributed by atoms with E-state index in [1.54, 1.807) is 14.2 Å². The van der Waals surface area contributed by atoms with Crippen molar-refractivity contribution in [2.45, 2.75) is 45.1 Å². The monoisotopic (exact) mass is 491 g/mol. The van der Waals surface area contributed by atoms with E-state index in [9.17, 15) is 0 Å². The van der Waals surface area contributed by atoms with Crippen LogP contribution in [0.2, 0.25) is 0 Å². The maximum absolute atomic E-state index is 5.64. The van der Waals surface area contributed by atoms with Crippen molar-refractivity contribution in [2.75, 3.05) is 40.5 Å². The number of ether oxygens (including phenoxy) is 3. The van der Waals surface area contributed by atoms with Crippen LogP contribution in [0.15, 0.2) is 23.2 Å².